The summed E-state index contributed by atoms with van der Waals surface area (Å²) in [6.45, 7) is 6.48. The smallest absolute Gasteiger partial charge is 0.254 e. The second kappa shape index (κ2) is 7.27. The molecule has 26 heavy (non-hydrogen) atoms. The molecule has 0 saturated carbocycles. The highest BCUT2D eigenvalue weighted by Crippen LogP contribution is 2.28. The number of amides is 2. The molecule has 2 aromatic rings. The molecule has 2 aromatic carbocycles. The molecule has 1 heterocycles. The predicted molar refractivity (Wildman–Crippen MR) is 102 cm³/mol. The summed E-state index contributed by atoms with van der Waals surface area (Å²) in [4.78, 5) is 26.0. The highest BCUT2D eigenvalue weighted by atomic mass is 16.3. The van der Waals surface area contributed by atoms with Crippen LogP contribution in [0.1, 0.15) is 21.5 Å². The Bertz CT molecular complexity index is 915. The van der Waals surface area contributed by atoms with Crippen LogP contribution in [0.4, 0.5) is 5.69 Å². The average molecular weight is 348 g/mol. The number of carbonyl (C=O) groups is 2. The topological polar surface area (TPSA) is 69.6 Å². The van der Waals surface area contributed by atoms with Gasteiger partial charge in [-0.2, -0.15) is 0 Å². The van der Waals surface area contributed by atoms with Gasteiger partial charge in [-0.3, -0.25) is 9.59 Å². The number of rotatable bonds is 4. The van der Waals surface area contributed by atoms with Gasteiger partial charge < -0.3 is 15.3 Å². The number of aryl methyl sites for hydroxylation is 1. The molecule has 1 aliphatic rings. The van der Waals surface area contributed by atoms with Crippen molar-refractivity contribution in [2.45, 2.75) is 6.92 Å². The Morgan fingerprint density at radius 1 is 1.23 bits per heavy atom. The zero-order chi connectivity index (χ0) is 18.7. The van der Waals surface area contributed by atoms with Crippen LogP contribution in [0.3, 0.4) is 0 Å². The highest BCUT2D eigenvalue weighted by molar-refractivity contribution is 6.02. The van der Waals surface area contributed by atoms with Gasteiger partial charge in [0.05, 0.1) is 5.69 Å². The maximum Gasteiger partial charge on any atom is 0.254 e. The lowest BCUT2D eigenvalue weighted by Crippen LogP contribution is -2.29. The fraction of sp³-hybridized carbons (Fsp3) is 0.143. The minimum Gasteiger partial charge on any atom is -0.506 e. The van der Waals surface area contributed by atoms with Crippen molar-refractivity contribution in [1.82, 2.24) is 4.90 Å². The van der Waals surface area contributed by atoms with E-state index in [0.717, 1.165) is 17.2 Å². The number of hydrogen-bond donors (Lipinski definition) is 2. The number of carbonyl (C=O) groups excluding carboxylic acids is 2. The standard InChI is InChI=1S/C21H20N2O3/c1-3-20(25)22-18-12-15(8-9-19(18)24)21(26)23-11-10-16(13-23)17-7-5-4-6-14(17)2/h3-10,12,24H,1,11,13H2,2H3,(H,22,25). The molecule has 1 aliphatic heterocycles. The first kappa shape index (κ1) is 17.5. The SMILES string of the molecule is C=CC(=O)Nc1cc(C(=O)N2CC=C(c3ccccc3C)C2)ccc1O. The first-order chi connectivity index (χ1) is 12.5. The van der Waals surface area contributed by atoms with Crippen LogP contribution >= 0.6 is 0 Å². The number of nitrogens with zero attached hydrogens (tertiary/aromatic N) is 1. The van der Waals surface area contributed by atoms with Crippen molar-refractivity contribution in [3.63, 3.8) is 0 Å². The van der Waals surface area contributed by atoms with Gasteiger partial charge in [-0.05, 0) is 47.9 Å². The fourth-order valence-corrected chi connectivity index (χ4v) is 2.97. The molecular weight excluding hydrogens is 328 g/mol. The molecule has 0 fully saturated rings. The molecule has 2 amide bonds. The van der Waals surface area contributed by atoms with Crippen molar-refractivity contribution in [2.24, 2.45) is 0 Å². The molecule has 132 valence electrons. The molecule has 0 unspecified atom stereocenters. The zero-order valence-corrected chi connectivity index (χ0v) is 14.5. The maximum atomic E-state index is 12.8. The van der Waals surface area contributed by atoms with Gasteiger partial charge in [-0.25, -0.2) is 0 Å². The van der Waals surface area contributed by atoms with E-state index in [-0.39, 0.29) is 17.3 Å². The Morgan fingerprint density at radius 2 is 2.00 bits per heavy atom. The molecule has 0 atom stereocenters. The van der Waals surface area contributed by atoms with Crippen LogP contribution in [-0.2, 0) is 4.79 Å². The van der Waals surface area contributed by atoms with Gasteiger partial charge in [0.15, 0.2) is 0 Å². The zero-order valence-electron chi connectivity index (χ0n) is 14.5. The van der Waals surface area contributed by atoms with Crippen LogP contribution < -0.4 is 5.32 Å². The van der Waals surface area contributed by atoms with E-state index in [1.54, 1.807) is 11.0 Å². The summed E-state index contributed by atoms with van der Waals surface area (Å²) in [5.41, 5.74) is 4.03. The Morgan fingerprint density at radius 3 is 2.73 bits per heavy atom. The molecule has 3 rings (SSSR count). The largest absolute Gasteiger partial charge is 0.506 e. The van der Waals surface area contributed by atoms with Crippen LogP contribution in [0.25, 0.3) is 5.57 Å². The molecule has 0 aliphatic carbocycles. The van der Waals surface area contributed by atoms with E-state index in [0.29, 0.717) is 18.7 Å². The Labute approximate surface area is 152 Å². The second-order valence-corrected chi connectivity index (χ2v) is 6.16. The fourth-order valence-electron chi connectivity index (χ4n) is 2.97. The number of aromatic hydroxyl groups is 1. The number of hydrogen-bond acceptors (Lipinski definition) is 3. The number of anilines is 1. The Hall–Kier alpha value is -3.34. The molecular formula is C21H20N2O3. The molecule has 0 bridgehead atoms. The monoisotopic (exact) mass is 348 g/mol. The quantitative estimate of drug-likeness (QED) is 0.657. The van der Waals surface area contributed by atoms with E-state index < -0.39 is 5.91 Å². The first-order valence-corrected chi connectivity index (χ1v) is 8.30. The molecule has 0 radical (unpaired) electrons. The molecule has 5 nitrogen and oxygen atoms in total. The molecule has 0 spiro atoms. The normalized spacial score (nSPS) is 13.3. The molecule has 2 N–H and O–H groups in total. The van der Waals surface area contributed by atoms with Crippen LogP contribution in [0.15, 0.2) is 61.2 Å². The van der Waals surface area contributed by atoms with Gasteiger partial charge in [-0.1, -0.05) is 36.9 Å². The van der Waals surface area contributed by atoms with Crippen LogP contribution in [0, 0.1) is 6.92 Å². The summed E-state index contributed by atoms with van der Waals surface area (Å²) in [6.07, 6.45) is 3.16. The Balaban J connectivity index is 1.77. The molecule has 0 saturated heterocycles. The summed E-state index contributed by atoms with van der Waals surface area (Å²) in [7, 11) is 0. The Kier molecular flexibility index (Phi) is 4.89. The second-order valence-electron chi connectivity index (χ2n) is 6.16. The van der Waals surface area contributed by atoms with Gasteiger partial charge in [0.25, 0.3) is 5.91 Å². The number of phenols is 1. The van der Waals surface area contributed by atoms with Gasteiger partial charge in [-0.15, -0.1) is 0 Å². The van der Waals surface area contributed by atoms with Crippen molar-refractivity contribution in [3.05, 3.63) is 77.9 Å². The van der Waals surface area contributed by atoms with Crippen molar-refractivity contribution >= 4 is 23.1 Å². The van der Waals surface area contributed by atoms with Crippen LogP contribution in [0.2, 0.25) is 0 Å². The number of phenolic OH excluding ortho intramolecular Hbond substituents is 1. The third-order valence-electron chi connectivity index (χ3n) is 4.38. The third kappa shape index (κ3) is 3.52. The van der Waals surface area contributed by atoms with E-state index in [1.807, 2.05) is 12.1 Å². The summed E-state index contributed by atoms with van der Waals surface area (Å²) in [6, 6.07) is 12.5. The minimum atomic E-state index is -0.449. The van der Waals surface area contributed by atoms with E-state index in [4.69, 9.17) is 0 Å². The minimum absolute atomic E-state index is 0.100. The van der Waals surface area contributed by atoms with E-state index in [2.05, 4.69) is 37.0 Å². The van der Waals surface area contributed by atoms with Crippen molar-refractivity contribution < 1.29 is 14.7 Å². The van der Waals surface area contributed by atoms with Crippen LogP contribution in [0.5, 0.6) is 5.75 Å². The summed E-state index contributed by atoms with van der Waals surface area (Å²) >= 11 is 0. The van der Waals surface area contributed by atoms with Crippen molar-refractivity contribution in [3.8, 4) is 5.75 Å². The molecule has 5 heteroatoms. The summed E-state index contributed by atoms with van der Waals surface area (Å²) < 4.78 is 0. The van der Waals surface area contributed by atoms with Crippen LogP contribution in [-0.4, -0.2) is 34.9 Å². The first-order valence-electron chi connectivity index (χ1n) is 8.30. The average Bonchev–Trinajstić information content (AvgIpc) is 3.13. The van der Waals surface area contributed by atoms with E-state index >= 15 is 0 Å². The van der Waals surface area contributed by atoms with E-state index in [1.165, 1.54) is 17.7 Å². The summed E-state index contributed by atoms with van der Waals surface area (Å²) in [5.74, 6) is -0.703. The van der Waals surface area contributed by atoms with E-state index in [9.17, 15) is 14.7 Å². The van der Waals surface area contributed by atoms with Gasteiger partial charge in [0.2, 0.25) is 5.91 Å². The van der Waals surface area contributed by atoms with Crippen molar-refractivity contribution in [1.29, 1.82) is 0 Å². The van der Waals surface area contributed by atoms with Gasteiger partial charge >= 0.3 is 0 Å². The molecule has 0 aromatic heterocycles. The predicted octanol–water partition coefficient (Wildman–Crippen LogP) is 3.36. The van der Waals surface area contributed by atoms with Crippen molar-refractivity contribution in [2.75, 3.05) is 18.4 Å². The van der Waals surface area contributed by atoms with Gasteiger partial charge in [0.1, 0.15) is 5.75 Å². The number of benzene rings is 2. The van der Waals surface area contributed by atoms with Gasteiger partial charge in [0, 0.05) is 18.7 Å². The lowest BCUT2D eigenvalue weighted by Gasteiger charge is -2.18. The summed E-state index contributed by atoms with van der Waals surface area (Å²) in [5, 5.41) is 12.4. The lowest BCUT2D eigenvalue weighted by atomic mass is 10.0. The number of nitrogens with one attached hydrogen (secondary N) is 1. The highest BCUT2D eigenvalue weighted by Gasteiger charge is 2.23. The third-order valence-corrected chi connectivity index (χ3v) is 4.38. The lowest BCUT2D eigenvalue weighted by molar-refractivity contribution is -0.111. The maximum absolute atomic E-state index is 12.8.